The van der Waals surface area contributed by atoms with Crippen LogP contribution in [0.15, 0.2) is 24.3 Å². The van der Waals surface area contributed by atoms with Crippen LogP contribution in [-0.2, 0) is 0 Å². The van der Waals surface area contributed by atoms with Crippen LogP contribution in [0, 0.1) is 5.82 Å². The van der Waals surface area contributed by atoms with Crippen molar-refractivity contribution in [1.29, 1.82) is 0 Å². The highest BCUT2D eigenvalue weighted by molar-refractivity contribution is 5.44. The fourth-order valence-corrected chi connectivity index (χ4v) is 2.41. The SMILES string of the molecule is CCCCCCCCCC(CN)Nc1cccc(F)c1. The van der Waals surface area contributed by atoms with Crippen molar-refractivity contribution in [2.45, 2.75) is 64.3 Å². The first kappa shape index (κ1) is 17.0. The molecule has 0 amide bonds. The standard InChI is InChI=1S/C17H29FN2/c1-2-3-4-5-6-7-8-11-17(14-19)20-16-12-9-10-15(18)13-16/h9-10,12-13,17,20H,2-8,11,14,19H2,1H3. The minimum Gasteiger partial charge on any atom is -0.381 e. The zero-order chi connectivity index (χ0) is 14.6. The van der Waals surface area contributed by atoms with Gasteiger partial charge in [0.15, 0.2) is 0 Å². The molecule has 0 spiro atoms. The lowest BCUT2D eigenvalue weighted by atomic mass is 10.0. The Hall–Kier alpha value is -1.09. The Bertz CT molecular complexity index is 355. The Morgan fingerprint density at radius 3 is 2.45 bits per heavy atom. The second kappa shape index (κ2) is 10.7. The number of halogens is 1. The second-order valence-corrected chi connectivity index (χ2v) is 5.50. The molecular weight excluding hydrogens is 251 g/mol. The van der Waals surface area contributed by atoms with E-state index in [0.717, 1.165) is 12.1 Å². The van der Waals surface area contributed by atoms with Crippen LogP contribution >= 0.6 is 0 Å². The van der Waals surface area contributed by atoms with Crippen molar-refractivity contribution in [1.82, 2.24) is 0 Å². The van der Waals surface area contributed by atoms with Crippen LogP contribution in [0.3, 0.4) is 0 Å². The monoisotopic (exact) mass is 280 g/mol. The van der Waals surface area contributed by atoms with Gasteiger partial charge in [-0.15, -0.1) is 0 Å². The van der Waals surface area contributed by atoms with Crippen LogP contribution in [-0.4, -0.2) is 12.6 Å². The summed E-state index contributed by atoms with van der Waals surface area (Å²) in [6.45, 7) is 2.83. The van der Waals surface area contributed by atoms with Crippen molar-refractivity contribution in [2.75, 3.05) is 11.9 Å². The maximum atomic E-state index is 13.1. The Labute approximate surface area is 123 Å². The molecule has 1 rings (SSSR count). The molecule has 3 N–H and O–H groups in total. The molecule has 0 radical (unpaired) electrons. The van der Waals surface area contributed by atoms with Gasteiger partial charge in [0.05, 0.1) is 0 Å². The summed E-state index contributed by atoms with van der Waals surface area (Å²) in [5.41, 5.74) is 6.61. The molecule has 0 aliphatic carbocycles. The highest BCUT2D eigenvalue weighted by atomic mass is 19.1. The Balaban J connectivity index is 2.16. The van der Waals surface area contributed by atoms with E-state index in [1.165, 1.54) is 57.1 Å². The molecule has 0 aliphatic rings. The molecule has 0 aliphatic heterocycles. The van der Waals surface area contributed by atoms with Gasteiger partial charge in [-0.2, -0.15) is 0 Å². The van der Waals surface area contributed by atoms with Crippen LogP contribution in [0.4, 0.5) is 10.1 Å². The van der Waals surface area contributed by atoms with E-state index in [9.17, 15) is 4.39 Å². The van der Waals surface area contributed by atoms with E-state index >= 15 is 0 Å². The van der Waals surface area contributed by atoms with Gasteiger partial charge in [-0.05, 0) is 24.6 Å². The Morgan fingerprint density at radius 2 is 1.80 bits per heavy atom. The molecule has 1 atom stereocenters. The highest BCUT2D eigenvalue weighted by Gasteiger charge is 2.06. The summed E-state index contributed by atoms with van der Waals surface area (Å²) >= 11 is 0. The van der Waals surface area contributed by atoms with Gasteiger partial charge in [0.1, 0.15) is 5.82 Å². The molecular formula is C17H29FN2. The summed E-state index contributed by atoms with van der Waals surface area (Å²) in [4.78, 5) is 0. The number of hydrogen-bond acceptors (Lipinski definition) is 2. The van der Waals surface area contributed by atoms with E-state index in [-0.39, 0.29) is 11.9 Å². The highest BCUT2D eigenvalue weighted by Crippen LogP contribution is 2.14. The summed E-state index contributed by atoms with van der Waals surface area (Å²) in [5, 5.41) is 3.32. The van der Waals surface area contributed by atoms with Gasteiger partial charge in [-0.3, -0.25) is 0 Å². The van der Waals surface area contributed by atoms with Crippen molar-refractivity contribution in [3.8, 4) is 0 Å². The average Bonchev–Trinajstić information content (AvgIpc) is 2.45. The van der Waals surface area contributed by atoms with Crippen LogP contribution in [0.25, 0.3) is 0 Å². The first-order valence-electron chi connectivity index (χ1n) is 7.98. The predicted octanol–water partition coefficient (Wildman–Crippen LogP) is 4.71. The molecule has 0 bridgehead atoms. The quantitative estimate of drug-likeness (QED) is 0.576. The molecule has 20 heavy (non-hydrogen) atoms. The van der Waals surface area contributed by atoms with E-state index in [4.69, 9.17) is 5.73 Å². The third kappa shape index (κ3) is 7.49. The maximum Gasteiger partial charge on any atom is 0.125 e. The van der Waals surface area contributed by atoms with Crippen LogP contribution in [0.5, 0.6) is 0 Å². The molecule has 0 heterocycles. The van der Waals surface area contributed by atoms with Gasteiger partial charge in [0, 0.05) is 18.3 Å². The normalized spacial score (nSPS) is 12.3. The van der Waals surface area contributed by atoms with E-state index in [2.05, 4.69) is 12.2 Å². The largest absolute Gasteiger partial charge is 0.381 e. The zero-order valence-electron chi connectivity index (χ0n) is 12.7. The first-order valence-corrected chi connectivity index (χ1v) is 7.98. The van der Waals surface area contributed by atoms with Gasteiger partial charge in [-0.1, -0.05) is 57.9 Å². The summed E-state index contributed by atoms with van der Waals surface area (Å²) in [7, 11) is 0. The lowest BCUT2D eigenvalue weighted by molar-refractivity contribution is 0.547. The number of unbranched alkanes of at least 4 members (excludes halogenated alkanes) is 6. The average molecular weight is 280 g/mol. The van der Waals surface area contributed by atoms with Crippen molar-refractivity contribution in [2.24, 2.45) is 5.73 Å². The number of nitrogens with one attached hydrogen (secondary N) is 1. The van der Waals surface area contributed by atoms with Gasteiger partial charge >= 0.3 is 0 Å². The zero-order valence-corrected chi connectivity index (χ0v) is 12.7. The smallest absolute Gasteiger partial charge is 0.125 e. The summed E-state index contributed by atoms with van der Waals surface area (Å²) in [6, 6.07) is 6.83. The van der Waals surface area contributed by atoms with E-state index in [0.29, 0.717) is 6.54 Å². The third-order valence-corrected chi connectivity index (χ3v) is 3.64. The van der Waals surface area contributed by atoms with Crippen molar-refractivity contribution < 1.29 is 4.39 Å². The molecule has 0 saturated heterocycles. The van der Waals surface area contributed by atoms with Crippen molar-refractivity contribution >= 4 is 5.69 Å². The summed E-state index contributed by atoms with van der Waals surface area (Å²) in [6.07, 6.45) is 10.2. The maximum absolute atomic E-state index is 13.1. The molecule has 1 unspecified atom stereocenters. The van der Waals surface area contributed by atoms with E-state index < -0.39 is 0 Å². The second-order valence-electron chi connectivity index (χ2n) is 5.50. The Kier molecular flexibility index (Phi) is 9.05. The van der Waals surface area contributed by atoms with Crippen molar-refractivity contribution in [3.05, 3.63) is 30.1 Å². The van der Waals surface area contributed by atoms with Crippen LogP contribution in [0.2, 0.25) is 0 Å². The van der Waals surface area contributed by atoms with E-state index in [1.54, 1.807) is 6.07 Å². The Morgan fingerprint density at radius 1 is 1.10 bits per heavy atom. The molecule has 114 valence electrons. The predicted molar refractivity (Wildman–Crippen MR) is 85.5 cm³/mol. The number of rotatable bonds is 11. The lowest BCUT2D eigenvalue weighted by Crippen LogP contribution is -2.28. The minimum absolute atomic E-state index is 0.207. The van der Waals surface area contributed by atoms with Gasteiger partial charge in [0.2, 0.25) is 0 Å². The molecule has 0 fully saturated rings. The molecule has 2 nitrogen and oxygen atoms in total. The van der Waals surface area contributed by atoms with Gasteiger partial charge in [-0.25, -0.2) is 4.39 Å². The molecule has 3 heteroatoms. The van der Waals surface area contributed by atoms with Gasteiger partial charge in [0.25, 0.3) is 0 Å². The van der Waals surface area contributed by atoms with Crippen LogP contribution in [0.1, 0.15) is 58.3 Å². The minimum atomic E-state index is -0.207. The van der Waals surface area contributed by atoms with Crippen LogP contribution < -0.4 is 11.1 Å². The number of anilines is 1. The van der Waals surface area contributed by atoms with Gasteiger partial charge < -0.3 is 11.1 Å². The lowest BCUT2D eigenvalue weighted by Gasteiger charge is -2.18. The van der Waals surface area contributed by atoms with E-state index in [1.807, 2.05) is 6.07 Å². The third-order valence-electron chi connectivity index (χ3n) is 3.64. The number of nitrogens with two attached hydrogens (primary N) is 1. The molecule has 1 aromatic rings. The molecule has 0 aromatic heterocycles. The fraction of sp³-hybridized carbons (Fsp3) is 0.647. The first-order chi connectivity index (χ1) is 9.76. The van der Waals surface area contributed by atoms with Crippen molar-refractivity contribution in [3.63, 3.8) is 0 Å². The molecule has 1 aromatic carbocycles. The topological polar surface area (TPSA) is 38.0 Å². The summed E-state index contributed by atoms with van der Waals surface area (Å²) < 4.78 is 13.1. The molecule has 0 saturated carbocycles. The number of benzene rings is 1. The number of hydrogen-bond donors (Lipinski definition) is 2. The summed E-state index contributed by atoms with van der Waals surface area (Å²) in [5.74, 6) is -0.207. The fourth-order valence-electron chi connectivity index (χ4n) is 2.41.